The first-order valence-corrected chi connectivity index (χ1v) is 9.61. The van der Waals surface area contributed by atoms with E-state index in [0.29, 0.717) is 19.5 Å². The number of ether oxygens (including phenoxy) is 1. The minimum atomic E-state index is -1.04. The predicted molar refractivity (Wildman–Crippen MR) is 104 cm³/mol. The van der Waals surface area contributed by atoms with Crippen LogP contribution in [0.2, 0.25) is 0 Å². The molecule has 1 aromatic heterocycles. The first kappa shape index (κ1) is 20.1. The molecule has 1 fully saturated rings. The number of amides is 1. The number of aryl methyl sites for hydroxylation is 2. The average molecular weight is 389 g/mol. The molecule has 0 bridgehead atoms. The zero-order chi connectivity index (χ0) is 20.3. The van der Waals surface area contributed by atoms with Crippen molar-refractivity contribution in [3.05, 3.63) is 34.7 Å². The molecule has 1 aromatic carbocycles. The Kier molecular flexibility index (Phi) is 5.88. The van der Waals surface area contributed by atoms with Crippen LogP contribution in [0.4, 0.5) is 0 Å². The molecule has 1 aliphatic rings. The third-order valence-electron chi connectivity index (χ3n) is 5.50. The highest BCUT2D eigenvalue weighted by molar-refractivity contribution is 5.81. The number of fused-ring (bicyclic) bond motifs is 1. The molecule has 0 radical (unpaired) electrons. The van der Waals surface area contributed by atoms with E-state index in [4.69, 9.17) is 4.74 Å². The minimum absolute atomic E-state index is 0.0794. The number of carboxylic acid groups (broad SMARTS) is 1. The second-order valence-electron chi connectivity index (χ2n) is 7.41. The van der Waals surface area contributed by atoms with Crippen molar-refractivity contribution in [2.24, 2.45) is 5.41 Å². The summed E-state index contributed by atoms with van der Waals surface area (Å²) in [5.41, 5.74) is 0.525. The molecule has 152 valence electrons. The molecule has 0 spiro atoms. The lowest BCUT2D eigenvalue weighted by molar-refractivity contribution is -0.151. The minimum Gasteiger partial charge on any atom is -0.481 e. The van der Waals surface area contributed by atoms with E-state index < -0.39 is 11.4 Å². The van der Waals surface area contributed by atoms with Gasteiger partial charge < -0.3 is 14.7 Å². The van der Waals surface area contributed by atoms with Gasteiger partial charge in [-0.25, -0.2) is 4.79 Å². The van der Waals surface area contributed by atoms with Gasteiger partial charge in [0.1, 0.15) is 5.41 Å². The highest BCUT2D eigenvalue weighted by atomic mass is 16.5. The Balaban J connectivity index is 1.75. The highest BCUT2D eigenvalue weighted by Gasteiger charge is 2.46. The van der Waals surface area contributed by atoms with Gasteiger partial charge in [-0.2, -0.15) is 0 Å². The molecule has 1 unspecified atom stereocenters. The number of carboxylic acids is 1. The molecule has 2 aromatic rings. The van der Waals surface area contributed by atoms with Crippen LogP contribution in [0.3, 0.4) is 0 Å². The summed E-state index contributed by atoms with van der Waals surface area (Å²) in [5, 5.41) is 9.54. The average Bonchev–Trinajstić information content (AvgIpc) is 3.22. The van der Waals surface area contributed by atoms with Crippen molar-refractivity contribution in [3.8, 4) is 0 Å². The number of aromatic nitrogens is 2. The molecule has 8 nitrogen and oxygen atoms in total. The summed E-state index contributed by atoms with van der Waals surface area (Å²) in [6, 6.07) is 7.58. The summed E-state index contributed by atoms with van der Waals surface area (Å²) in [6.07, 6.45) is 1.37. The van der Waals surface area contributed by atoms with E-state index in [0.717, 1.165) is 17.5 Å². The molecule has 1 saturated heterocycles. The summed E-state index contributed by atoms with van der Waals surface area (Å²) in [6.45, 7) is 3.53. The molecule has 1 amide bonds. The van der Waals surface area contributed by atoms with Crippen molar-refractivity contribution < 1.29 is 19.4 Å². The number of likely N-dealkylation sites (tertiary alicyclic amines) is 1. The first-order valence-electron chi connectivity index (χ1n) is 9.61. The molecule has 1 atom stereocenters. The van der Waals surface area contributed by atoms with Crippen LogP contribution in [-0.2, 0) is 27.4 Å². The number of para-hydroxylation sites is 2. The fraction of sp³-hybridized carbons (Fsp3) is 0.550. The number of hydrogen-bond donors (Lipinski definition) is 1. The van der Waals surface area contributed by atoms with Crippen LogP contribution in [0, 0.1) is 5.41 Å². The Labute approximate surface area is 163 Å². The number of methoxy groups -OCH3 is 1. The van der Waals surface area contributed by atoms with Crippen molar-refractivity contribution in [2.75, 3.05) is 26.8 Å². The number of hydrogen-bond acceptors (Lipinski definition) is 4. The van der Waals surface area contributed by atoms with Crippen molar-refractivity contribution in [3.63, 3.8) is 0 Å². The van der Waals surface area contributed by atoms with Crippen LogP contribution in [0.25, 0.3) is 11.0 Å². The van der Waals surface area contributed by atoms with Crippen molar-refractivity contribution in [1.82, 2.24) is 14.0 Å². The monoisotopic (exact) mass is 389 g/mol. The normalized spacial score (nSPS) is 19.4. The van der Waals surface area contributed by atoms with Crippen LogP contribution in [0.1, 0.15) is 26.2 Å². The van der Waals surface area contributed by atoms with Crippen LogP contribution >= 0.6 is 0 Å². The molecule has 8 heteroatoms. The molecular weight excluding hydrogens is 362 g/mol. The summed E-state index contributed by atoms with van der Waals surface area (Å²) in [5.74, 6) is -1.08. The van der Waals surface area contributed by atoms with Gasteiger partial charge in [0.15, 0.2) is 0 Å². The van der Waals surface area contributed by atoms with Gasteiger partial charge in [-0.1, -0.05) is 19.1 Å². The van der Waals surface area contributed by atoms with Crippen molar-refractivity contribution in [2.45, 2.75) is 39.3 Å². The molecule has 28 heavy (non-hydrogen) atoms. The maximum absolute atomic E-state index is 12.8. The number of benzene rings is 1. The van der Waals surface area contributed by atoms with E-state index in [2.05, 4.69) is 0 Å². The van der Waals surface area contributed by atoms with Crippen molar-refractivity contribution >= 4 is 22.9 Å². The first-order chi connectivity index (χ1) is 13.4. The van der Waals surface area contributed by atoms with E-state index in [1.807, 2.05) is 31.2 Å². The van der Waals surface area contributed by atoms with Gasteiger partial charge in [0.25, 0.3) is 0 Å². The Morgan fingerprint density at radius 3 is 2.39 bits per heavy atom. The van der Waals surface area contributed by atoms with Crippen LogP contribution < -0.4 is 5.69 Å². The maximum Gasteiger partial charge on any atom is 0.329 e. The Morgan fingerprint density at radius 2 is 1.82 bits per heavy atom. The third-order valence-corrected chi connectivity index (χ3v) is 5.50. The van der Waals surface area contributed by atoms with Gasteiger partial charge in [0.2, 0.25) is 5.91 Å². The molecule has 0 aliphatic carbocycles. The fourth-order valence-corrected chi connectivity index (χ4v) is 4.01. The van der Waals surface area contributed by atoms with E-state index in [-0.39, 0.29) is 37.7 Å². The fourth-order valence-electron chi connectivity index (χ4n) is 4.01. The molecule has 1 N–H and O–H groups in total. The quantitative estimate of drug-likeness (QED) is 0.739. The van der Waals surface area contributed by atoms with E-state index in [9.17, 15) is 19.5 Å². The lowest BCUT2D eigenvalue weighted by Crippen LogP contribution is -2.40. The molecule has 2 heterocycles. The van der Waals surface area contributed by atoms with E-state index in [1.165, 1.54) is 7.11 Å². The van der Waals surface area contributed by atoms with Crippen molar-refractivity contribution in [1.29, 1.82) is 0 Å². The molecular formula is C20H27N3O5. The third kappa shape index (κ3) is 3.56. The lowest BCUT2D eigenvalue weighted by Gasteiger charge is -2.23. The van der Waals surface area contributed by atoms with Gasteiger partial charge in [-0.15, -0.1) is 0 Å². The van der Waals surface area contributed by atoms with Crippen LogP contribution in [-0.4, -0.2) is 57.8 Å². The topological polar surface area (TPSA) is 93.8 Å². The molecule has 1 aliphatic heterocycles. The number of carbonyl (C=O) groups excluding carboxylic acids is 1. The maximum atomic E-state index is 12.8. The molecule has 0 saturated carbocycles. The SMILES string of the molecule is CCCn1c(=O)n(CCC(=O)N2CCC(COC)(C(=O)O)C2)c2ccccc21. The largest absolute Gasteiger partial charge is 0.481 e. The lowest BCUT2D eigenvalue weighted by atomic mass is 9.88. The predicted octanol–water partition coefficient (Wildman–Crippen LogP) is 1.55. The Hall–Kier alpha value is -2.61. The number of aliphatic carboxylic acids is 1. The highest BCUT2D eigenvalue weighted by Crippen LogP contribution is 2.31. The zero-order valence-electron chi connectivity index (χ0n) is 16.4. The van der Waals surface area contributed by atoms with Gasteiger partial charge in [0.05, 0.1) is 17.6 Å². The number of nitrogens with zero attached hydrogens (tertiary/aromatic N) is 3. The van der Waals surface area contributed by atoms with E-state index in [1.54, 1.807) is 14.0 Å². The van der Waals surface area contributed by atoms with Gasteiger partial charge >= 0.3 is 11.7 Å². The zero-order valence-corrected chi connectivity index (χ0v) is 16.4. The van der Waals surface area contributed by atoms with Gasteiger partial charge in [0, 0.05) is 39.7 Å². The van der Waals surface area contributed by atoms with E-state index >= 15 is 0 Å². The number of imidazole rings is 1. The van der Waals surface area contributed by atoms with Gasteiger partial charge in [-0.05, 0) is 25.0 Å². The van der Waals surface area contributed by atoms with Crippen LogP contribution in [0.5, 0.6) is 0 Å². The second-order valence-corrected chi connectivity index (χ2v) is 7.41. The Bertz CT molecular complexity index is 932. The summed E-state index contributed by atoms with van der Waals surface area (Å²) in [4.78, 5) is 38.7. The summed E-state index contributed by atoms with van der Waals surface area (Å²) in [7, 11) is 1.47. The number of carbonyl (C=O) groups is 2. The summed E-state index contributed by atoms with van der Waals surface area (Å²) >= 11 is 0. The smallest absolute Gasteiger partial charge is 0.329 e. The van der Waals surface area contributed by atoms with Crippen LogP contribution in [0.15, 0.2) is 29.1 Å². The standard InChI is InChI=1S/C20H27N3O5/c1-3-10-22-15-6-4-5-7-16(15)23(19(22)27)11-8-17(24)21-12-9-20(13-21,14-28-2)18(25)26/h4-7H,3,8-14H2,1-2H3,(H,25,26). The summed E-state index contributed by atoms with van der Waals surface area (Å²) < 4.78 is 8.45. The number of rotatable bonds is 8. The molecule has 3 rings (SSSR count). The second kappa shape index (κ2) is 8.18. The van der Waals surface area contributed by atoms with Gasteiger partial charge in [-0.3, -0.25) is 18.7 Å². The Morgan fingerprint density at radius 1 is 1.18 bits per heavy atom.